The molecule has 0 aromatic heterocycles. The van der Waals surface area contributed by atoms with Crippen LogP contribution in [0.25, 0.3) is 0 Å². The molecule has 8 heteroatoms. The van der Waals surface area contributed by atoms with Crippen LogP contribution < -0.4 is 10.0 Å². The van der Waals surface area contributed by atoms with Gasteiger partial charge in [0.05, 0.1) is 5.75 Å². The first-order valence-electron chi connectivity index (χ1n) is 8.20. The highest BCUT2D eigenvalue weighted by Gasteiger charge is 2.26. The number of carbonyl (C=O) groups excluding carboxylic acids is 1. The van der Waals surface area contributed by atoms with Crippen molar-refractivity contribution in [2.75, 3.05) is 45.5 Å². The van der Waals surface area contributed by atoms with Crippen molar-refractivity contribution in [3.63, 3.8) is 0 Å². The first kappa shape index (κ1) is 17.5. The Morgan fingerprint density at radius 2 is 1.82 bits per heavy atom. The molecule has 0 aliphatic carbocycles. The Bertz CT molecular complexity index is 463. The summed E-state index contributed by atoms with van der Waals surface area (Å²) in [6.45, 7) is 4.05. The summed E-state index contributed by atoms with van der Waals surface area (Å²) in [5.74, 6) is -0.0838. The molecule has 2 fully saturated rings. The van der Waals surface area contributed by atoms with Gasteiger partial charge in [0.2, 0.25) is 10.0 Å². The van der Waals surface area contributed by atoms with Crippen LogP contribution in [0.2, 0.25) is 0 Å². The molecule has 0 bridgehead atoms. The number of rotatable bonds is 5. The van der Waals surface area contributed by atoms with E-state index in [-0.39, 0.29) is 18.3 Å². The van der Waals surface area contributed by atoms with Gasteiger partial charge in [0.25, 0.3) is 0 Å². The summed E-state index contributed by atoms with van der Waals surface area (Å²) in [5.41, 5.74) is 0. The van der Waals surface area contributed by atoms with Gasteiger partial charge in [0, 0.05) is 25.7 Å². The zero-order valence-electron chi connectivity index (χ0n) is 13.4. The van der Waals surface area contributed by atoms with Crippen molar-refractivity contribution in [1.82, 2.24) is 19.8 Å². The van der Waals surface area contributed by atoms with Crippen molar-refractivity contribution >= 4 is 16.1 Å². The molecule has 2 saturated heterocycles. The number of sulfonamides is 1. The molecule has 2 amide bonds. The van der Waals surface area contributed by atoms with Gasteiger partial charge < -0.3 is 15.1 Å². The number of amides is 2. The van der Waals surface area contributed by atoms with E-state index in [4.69, 9.17) is 0 Å². The fourth-order valence-corrected chi connectivity index (χ4v) is 3.83. The van der Waals surface area contributed by atoms with Crippen LogP contribution in [-0.2, 0) is 10.0 Å². The third kappa shape index (κ3) is 5.10. The van der Waals surface area contributed by atoms with Crippen LogP contribution in [0.15, 0.2) is 0 Å². The van der Waals surface area contributed by atoms with Crippen molar-refractivity contribution in [3.05, 3.63) is 0 Å². The molecule has 22 heavy (non-hydrogen) atoms. The molecule has 0 unspecified atom stereocenters. The fourth-order valence-electron chi connectivity index (χ4n) is 3.26. The van der Waals surface area contributed by atoms with E-state index in [1.165, 1.54) is 33.0 Å². The highest BCUT2D eigenvalue weighted by Crippen LogP contribution is 2.21. The lowest BCUT2D eigenvalue weighted by Gasteiger charge is -2.26. The number of likely N-dealkylation sites (tertiary alicyclic amines) is 2. The Labute approximate surface area is 133 Å². The molecule has 2 rings (SSSR count). The summed E-state index contributed by atoms with van der Waals surface area (Å²) in [5, 5.41) is 2.71. The molecule has 0 radical (unpaired) electrons. The van der Waals surface area contributed by atoms with Crippen molar-refractivity contribution < 1.29 is 13.2 Å². The normalized spacial score (nSPS) is 24.2. The van der Waals surface area contributed by atoms with Crippen molar-refractivity contribution in [2.45, 2.75) is 38.1 Å². The monoisotopic (exact) mass is 332 g/mol. The molecule has 2 N–H and O–H groups in total. The Morgan fingerprint density at radius 3 is 2.50 bits per heavy atom. The topological polar surface area (TPSA) is 81.8 Å². The molecule has 0 saturated carbocycles. The number of nitrogens with zero attached hydrogens (tertiary/aromatic N) is 2. The molecular weight excluding hydrogens is 304 g/mol. The third-order valence-electron chi connectivity index (χ3n) is 4.60. The molecular formula is C14H28N4O3S. The minimum atomic E-state index is -3.26. The lowest BCUT2D eigenvalue weighted by molar-refractivity contribution is 0.194. The van der Waals surface area contributed by atoms with Crippen LogP contribution in [-0.4, -0.2) is 75.8 Å². The maximum atomic E-state index is 12.1. The summed E-state index contributed by atoms with van der Waals surface area (Å²) >= 11 is 0. The van der Waals surface area contributed by atoms with E-state index in [2.05, 4.69) is 14.9 Å². The standard InChI is InChI=1S/C14H28N4O3S/c1-15-22(20,21)12-7-16-14(19)18-10-4-5-13(6-11-18)17-8-2-3-9-17/h13,15H,2-12H2,1H3,(H,16,19)/t13-/m1/s1. The number of hydrogen-bond donors (Lipinski definition) is 2. The van der Waals surface area contributed by atoms with Gasteiger partial charge in [0.15, 0.2) is 0 Å². The number of nitrogens with one attached hydrogen (secondary N) is 2. The van der Waals surface area contributed by atoms with E-state index < -0.39 is 10.0 Å². The van der Waals surface area contributed by atoms with E-state index in [1.807, 2.05) is 4.90 Å². The smallest absolute Gasteiger partial charge is 0.317 e. The van der Waals surface area contributed by atoms with Crippen LogP contribution in [0.5, 0.6) is 0 Å². The minimum Gasteiger partial charge on any atom is -0.337 e. The predicted octanol–water partition coefficient (Wildman–Crippen LogP) is 0.196. The van der Waals surface area contributed by atoms with E-state index >= 15 is 0 Å². The van der Waals surface area contributed by atoms with Gasteiger partial charge in [-0.15, -0.1) is 0 Å². The average molecular weight is 332 g/mol. The summed E-state index contributed by atoms with van der Waals surface area (Å²) in [4.78, 5) is 16.5. The lowest BCUT2D eigenvalue weighted by Crippen LogP contribution is -2.43. The predicted molar refractivity (Wildman–Crippen MR) is 86.3 cm³/mol. The van der Waals surface area contributed by atoms with Crippen molar-refractivity contribution in [2.24, 2.45) is 0 Å². The average Bonchev–Trinajstić information content (AvgIpc) is 2.91. The quantitative estimate of drug-likeness (QED) is 0.753. The van der Waals surface area contributed by atoms with Gasteiger partial charge in [-0.25, -0.2) is 17.9 Å². The zero-order chi connectivity index (χ0) is 16.0. The van der Waals surface area contributed by atoms with Crippen LogP contribution in [0.3, 0.4) is 0 Å². The van der Waals surface area contributed by atoms with Crippen LogP contribution in [0, 0.1) is 0 Å². The van der Waals surface area contributed by atoms with Crippen molar-refractivity contribution in [1.29, 1.82) is 0 Å². The van der Waals surface area contributed by atoms with E-state index in [9.17, 15) is 13.2 Å². The largest absolute Gasteiger partial charge is 0.337 e. The van der Waals surface area contributed by atoms with Gasteiger partial charge in [-0.3, -0.25) is 0 Å². The van der Waals surface area contributed by atoms with E-state index in [1.54, 1.807) is 0 Å². The van der Waals surface area contributed by atoms with E-state index in [0.717, 1.165) is 32.4 Å². The maximum absolute atomic E-state index is 12.1. The van der Waals surface area contributed by atoms with Crippen molar-refractivity contribution in [3.8, 4) is 0 Å². The second kappa shape index (κ2) is 8.12. The molecule has 128 valence electrons. The zero-order valence-corrected chi connectivity index (χ0v) is 14.2. The molecule has 0 aromatic carbocycles. The highest BCUT2D eigenvalue weighted by molar-refractivity contribution is 7.89. The summed E-state index contributed by atoms with van der Waals surface area (Å²) in [6.07, 6.45) is 5.77. The van der Waals surface area contributed by atoms with Gasteiger partial charge in [-0.1, -0.05) is 0 Å². The maximum Gasteiger partial charge on any atom is 0.317 e. The van der Waals surface area contributed by atoms with Crippen LogP contribution in [0.4, 0.5) is 4.79 Å². The van der Waals surface area contributed by atoms with Gasteiger partial charge in [0.1, 0.15) is 0 Å². The van der Waals surface area contributed by atoms with Gasteiger partial charge in [-0.2, -0.15) is 0 Å². The Balaban J connectivity index is 1.74. The summed E-state index contributed by atoms with van der Waals surface area (Å²) in [7, 11) is -1.88. The molecule has 1 atom stereocenters. The molecule has 0 spiro atoms. The Morgan fingerprint density at radius 1 is 1.09 bits per heavy atom. The van der Waals surface area contributed by atoms with Gasteiger partial charge >= 0.3 is 6.03 Å². The SMILES string of the molecule is CNS(=O)(=O)CCNC(=O)N1CCC[C@@H](N2CCCC2)CC1. The first-order valence-corrected chi connectivity index (χ1v) is 9.85. The number of urea groups is 1. The molecule has 2 aliphatic rings. The van der Waals surface area contributed by atoms with Crippen LogP contribution in [0.1, 0.15) is 32.1 Å². The second-order valence-corrected chi connectivity index (χ2v) is 8.12. The highest BCUT2D eigenvalue weighted by atomic mass is 32.2. The Kier molecular flexibility index (Phi) is 6.46. The molecule has 2 aliphatic heterocycles. The lowest BCUT2D eigenvalue weighted by atomic mass is 10.1. The first-order chi connectivity index (χ1) is 10.5. The Hall–Kier alpha value is -0.860. The number of hydrogen-bond acceptors (Lipinski definition) is 4. The summed E-state index contributed by atoms with van der Waals surface area (Å²) < 4.78 is 24.9. The third-order valence-corrected chi connectivity index (χ3v) is 5.96. The fraction of sp³-hybridized carbons (Fsp3) is 0.929. The van der Waals surface area contributed by atoms with Crippen LogP contribution >= 0.6 is 0 Å². The molecule has 7 nitrogen and oxygen atoms in total. The molecule has 2 heterocycles. The second-order valence-electron chi connectivity index (χ2n) is 6.07. The van der Waals surface area contributed by atoms with E-state index in [0.29, 0.717) is 6.04 Å². The summed E-state index contributed by atoms with van der Waals surface area (Å²) in [6, 6.07) is 0.457. The minimum absolute atomic E-state index is 0.0838. The number of carbonyl (C=O) groups is 1. The van der Waals surface area contributed by atoms with Gasteiger partial charge in [-0.05, 0) is 52.2 Å². The molecule has 0 aromatic rings.